The minimum atomic E-state index is -0.202. The molecule has 0 radical (unpaired) electrons. The largest absolute Gasteiger partial charge is 0.488 e. The average Bonchev–Trinajstić information content (AvgIpc) is 3.38. The van der Waals surface area contributed by atoms with E-state index in [1.807, 2.05) is 24.3 Å². The molecule has 1 aromatic heterocycles. The lowest BCUT2D eigenvalue weighted by molar-refractivity contribution is -0.116. The lowest BCUT2D eigenvalue weighted by atomic mass is 10.1. The van der Waals surface area contributed by atoms with Gasteiger partial charge in [0.25, 0.3) is 0 Å². The number of aromatic nitrogens is 1. The number of likely N-dealkylation sites (tertiary alicyclic amines) is 1. The van der Waals surface area contributed by atoms with Crippen LogP contribution >= 0.6 is 0 Å². The number of benzene rings is 1. The summed E-state index contributed by atoms with van der Waals surface area (Å²) in [5.41, 5.74) is 7.88. The molecule has 1 aromatic carbocycles. The van der Waals surface area contributed by atoms with Crippen LogP contribution in [0.25, 0.3) is 0 Å². The summed E-state index contributed by atoms with van der Waals surface area (Å²) in [5, 5.41) is 5.84. The number of pyridine rings is 1. The molecule has 3 amide bonds. The van der Waals surface area contributed by atoms with Gasteiger partial charge >= 0.3 is 6.03 Å². The van der Waals surface area contributed by atoms with E-state index in [1.54, 1.807) is 6.20 Å². The van der Waals surface area contributed by atoms with Crippen LogP contribution in [-0.2, 0) is 11.2 Å². The van der Waals surface area contributed by atoms with Gasteiger partial charge < -0.3 is 25.0 Å². The molecule has 4 N–H and O–H groups in total. The third kappa shape index (κ3) is 4.03. The normalized spacial score (nSPS) is 25.3. The maximum atomic E-state index is 12.3. The number of hydrogen-bond donors (Lipinski definition) is 4. The first kappa shape index (κ1) is 21.2. The Kier molecular flexibility index (Phi) is 5.26. The van der Waals surface area contributed by atoms with E-state index in [-0.39, 0.29) is 36.0 Å². The molecule has 178 valence electrons. The zero-order valence-electron chi connectivity index (χ0n) is 19.0. The molecule has 0 unspecified atom stereocenters. The standard InChI is InChI=1S/C24H28N6O4/c1-30-10-7-13(8-11-30)26-24(32)29-28-21-20-16-12-14(2-4-17(16)34-22(20)21)33-18-6-9-25-23-15(18)3-5-19(31)27-23/h2,4,6,9,12-13,20-22,28H,3,5,7-8,10-11H2,1H3,(H,25,27,31)(H2,26,29,32)/t20-,21-,22-/m0/s1. The molecule has 1 saturated carbocycles. The first-order valence-electron chi connectivity index (χ1n) is 11.8. The van der Waals surface area contributed by atoms with Crippen molar-refractivity contribution in [2.24, 2.45) is 0 Å². The number of fused-ring (bicyclic) bond motifs is 4. The number of nitrogens with zero attached hydrogens (tertiary/aromatic N) is 2. The molecule has 6 rings (SSSR count). The monoisotopic (exact) mass is 464 g/mol. The van der Waals surface area contributed by atoms with Crippen molar-refractivity contribution >= 4 is 17.8 Å². The van der Waals surface area contributed by atoms with E-state index >= 15 is 0 Å². The Morgan fingerprint density at radius 1 is 1.24 bits per heavy atom. The molecule has 0 bridgehead atoms. The Bertz CT molecular complexity index is 1130. The number of hydrazine groups is 1. The van der Waals surface area contributed by atoms with Crippen LogP contribution in [0.5, 0.6) is 17.2 Å². The third-order valence-electron chi connectivity index (χ3n) is 7.06. The first-order valence-corrected chi connectivity index (χ1v) is 11.8. The van der Waals surface area contributed by atoms with Crippen molar-refractivity contribution in [1.29, 1.82) is 0 Å². The number of hydrogen-bond acceptors (Lipinski definition) is 7. The molecule has 3 aliphatic heterocycles. The fourth-order valence-corrected chi connectivity index (χ4v) is 5.08. The molecule has 4 heterocycles. The van der Waals surface area contributed by atoms with Crippen LogP contribution in [0.2, 0.25) is 0 Å². The van der Waals surface area contributed by atoms with E-state index in [9.17, 15) is 9.59 Å². The third-order valence-corrected chi connectivity index (χ3v) is 7.06. The minimum Gasteiger partial charge on any atom is -0.488 e. The Labute approximate surface area is 197 Å². The van der Waals surface area contributed by atoms with E-state index in [1.165, 1.54) is 0 Å². The van der Waals surface area contributed by atoms with Crippen LogP contribution in [-0.4, -0.2) is 60.1 Å². The van der Waals surface area contributed by atoms with Crippen molar-refractivity contribution in [3.05, 3.63) is 41.6 Å². The summed E-state index contributed by atoms with van der Waals surface area (Å²) in [6.45, 7) is 1.99. The second-order valence-electron chi connectivity index (χ2n) is 9.44. The number of carbonyl (C=O) groups excluding carboxylic acids is 2. The first-order chi connectivity index (χ1) is 16.5. The number of ether oxygens (including phenoxy) is 2. The Hall–Kier alpha value is -3.37. The number of piperidine rings is 1. The summed E-state index contributed by atoms with van der Waals surface area (Å²) in [5.74, 6) is 2.94. The number of anilines is 1. The van der Waals surface area contributed by atoms with Crippen molar-refractivity contribution in [3.63, 3.8) is 0 Å². The molecule has 3 atom stereocenters. The van der Waals surface area contributed by atoms with Gasteiger partial charge in [-0.05, 0) is 63.7 Å². The Morgan fingerprint density at radius 2 is 2.09 bits per heavy atom. The fraction of sp³-hybridized carbons (Fsp3) is 0.458. The van der Waals surface area contributed by atoms with E-state index < -0.39 is 0 Å². The lowest BCUT2D eigenvalue weighted by Crippen LogP contribution is -2.51. The highest BCUT2D eigenvalue weighted by Gasteiger charge is 2.59. The molecule has 4 aliphatic rings. The van der Waals surface area contributed by atoms with Crippen LogP contribution in [0.4, 0.5) is 10.6 Å². The van der Waals surface area contributed by atoms with Gasteiger partial charge in [0.2, 0.25) is 5.91 Å². The quantitative estimate of drug-likeness (QED) is 0.499. The van der Waals surface area contributed by atoms with Gasteiger partial charge in [-0.1, -0.05) is 0 Å². The lowest BCUT2D eigenvalue weighted by Gasteiger charge is -2.29. The molecular weight excluding hydrogens is 436 g/mol. The summed E-state index contributed by atoms with van der Waals surface area (Å²) in [6.07, 6.45) is 4.58. The van der Waals surface area contributed by atoms with E-state index in [2.05, 4.69) is 38.4 Å². The van der Waals surface area contributed by atoms with Crippen LogP contribution in [0.3, 0.4) is 0 Å². The van der Waals surface area contributed by atoms with Crippen molar-refractivity contribution < 1.29 is 19.1 Å². The van der Waals surface area contributed by atoms with Gasteiger partial charge in [0.1, 0.15) is 29.2 Å². The number of amides is 3. The van der Waals surface area contributed by atoms with Crippen molar-refractivity contribution in [2.75, 3.05) is 25.5 Å². The highest BCUT2D eigenvalue weighted by molar-refractivity contribution is 5.93. The van der Waals surface area contributed by atoms with Crippen molar-refractivity contribution in [3.8, 4) is 17.2 Å². The number of rotatable bonds is 5. The van der Waals surface area contributed by atoms with Gasteiger partial charge in [-0.15, -0.1) is 0 Å². The Morgan fingerprint density at radius 3 is 2.94 bits per heavy atom. The van der Waals surface area contributed by atoms with Gasteiger partial charge in [0.05, 0.1) is 6.04 Å². The fourth-order valence-electron chi connectivity index (χ4n) is 5.08. The van der Waals surface area contributed by atoms with Crippen LogP contribution in [0.15, 0.2) is 30.5 Å². The molecule has 10 nitrogen and oxygen atoms in total. The molecule has 1 saturated heterocycles. The predicted molar refractivity (Wildman–Crippen MR) is 124 cm³/mol. The smallest absolute Gasteiger partial charge is 0.329 e. The summed E-state index contributed by atoms with van der Waals surface area (Å²) in [4.78, 5) is 30.5. The van der Waals surface area contributed by atoms with Gasteiger partial charge in [-0.25, -0.2) is 15.2 Å². The molecule has 2 aromatic rings. The summed E-state index contributed by atoms with van der Waals surface area (Å²) >= 11 is 0. The van der Waals surface area contributed by atoms with Crippen LogP contribution < -0.4 is 31.0 Å². The average molecular weight is 465 g/mol. The van der Waals surface area contributed by atoms with Gasteiger partial charge in [-0.3, -0.25) is 10.2 Å². The summed E-state index contributed by atoms with van der Waals surface area (Å²) < 4.78 is 12.2. The van der Waals surface area contributed by atoms with Crippen LogP contribution in [0.1, 0.15) is 36.3 Å². The zero-order chi connectivity index (χ0) is 23.2. The summed E-state index contributed by atoms with van der Waals surface area (Å²) in [6, 6.07) is 7.64. The molecular formula is C24H28N6O4. The molecule has 10 heteroatoms. The van der Waals surface area contributed by atoms with E-state index in [0.29, 0.717) is 30.2 Å². The highest BCUT2D eigenvalue weighted by Crippen LogP contribution is 2.54. The maximum absolute atomic E-state index is 12.3. The highest BCUT2D eigenvalue weighted by atomic mass is 16.5. The predicted octanol–water partition coefficient (Wildman–Crippen LogP) is 1.88. The second kappa shape index (κ2) is 8.44. The van der Waals surface area contributed by atoms with E-state index in [4.69, 9.17) is 9.47 Å². The van der Waals surface area contributed by atoms with Gasteiger partial charge in [0, 0.05) is 35.7 Å². The number of nitrogens with one attached hydrogen (secondary N) is 4. The van der Waals surface area contributed by atoms with Gasteiger partial charge in [-0.2, -0.15) is 0 Å². The SMILES string of the molecule is CN1CCC(NC(=O)NN[C@@H]2[C@H]3Oc4ccc(Oc5ccnc6c5CCC(=O)N6)cc4[C@@H]23)CC1. The summed E-state index contributed by atoms with van der Waals surface area (Å²) in [7, 11) is 2.10. The Balaban J connectivity index is 1.07. The van der Waals surface area contributed by atoms with Crippen molar-refractivity contribution in [2.45, 2.75) is 49.8 Å². The minimum absolute atomic E-state index is 0.00206. The van der Waals surface area contributed by atoms with Gasteiger partial charge in [0.15, 0.2) is 0 Å². The molecule has 0 spiro atoms. The zero-order valence-corrected chi connectivity index (χ0v) is 19.0. The topological polar surface area (TPSA) is 117 Å². The van der Waals surface area contributed by atoms with Crippen molar-refractivity contribution in [1.82, 2.24) is 26.1 Å². The molecule has 1 aliphatic carbocycles. The number of urea groups is 1. The van der Waals surface area contributed by atoms with Crippen LogP contribution in [0, 0.1) is 0 Å². The molecule has 34 heavy (non-hydrogen) atoms. The second-order valence-corrected chi connectivity index (χ2v) is 9.44. The van der Waals surface area contributed by atoms with E-state index in [0.717, 1.165) is 42.8 Å². The maximum Gasteiger partial charge on any atom is 0.329 e. The number of carbonyl (C=O) groups is 2. The molecule has 2 fully saturated rings.